The number of rotatable bonds is 5. The molecule has 0 radical (unpaired) electrons. The summed E-state index contributed by atoms with van der Waals surface area (Å²) in [4.78, 5) is 12.1. The van der Waals surface area contributed by atoms with Gasteiger partial charge in [0.2, 0.25) is 5.91 Å². The van der Waals surface area contributed by atoms with Crippen LogP contribution in [0.3, 0.4) is 0 Å². The Hall–Kier alpha value is -1.35. The molecule has 3 N–H and O–H groups in total. The zero-order chi connectivity index (χ0) is 13.0. The van der Waals surface area contributed by atoms with Crippen molar-refractivity contribution in [3.05, 3.63) is 35.9 Å². The highest BCUT2D eigenvalue weighted by atomic mass is 16.2. The number of benzene rings is 1. The zero-order valence-electron chi connectivity index (χ0n) is 11.0. The van der Waals surface area contributed by atoms with Gasteiger partial charge in [-0.25, -0.2) is 0 Å². The number of nitrogens with one attached hydrogen (secondary N) is 1. The Labute approximate surface area is 109 Å². The second kappa shape index (κ2) is 5.53. The summed E-state index contributed by atoms with van der Waals surface area (Å²) < 4.78 is 0. The maximum absolute atomic E-state index is 12.1. The molecular formula is C15H22N2O. The molecule has 18 heavy (non-hydrogen) atoms. The Morgan fingerprint density at radius 1 is 1.39 bits per heavy atom. The summed E-state index contributed by atoms with van der Waals surface area (Å²) >= 11 is 0. The first kappa shape index (κ1) is 13.1. The van der Waals surface area contributed by atoms with Gasteiger partial charge in [-0.3, -0.25) is 4.79 Å². The standard InChI is InChI=1S/C15H22N2O/c1-2-15(9-6-10-15)17-14(18)13(16)11-12-7-4-3-5-8-12/h3-5,7-8,13H,2,6,9-11,16H2,1H3,(H,17,18). The van der Waals surface area contributed by atoms with Crippen LogP contribution in [0, 0.1) is 0 Å². The Balaban J connectivity index is 1.89. The minimum absolute atomic E-state index is 0.0135. The van der Waals surface area contributed by atoms with Crippen molar-refractivity contribution in [3.63, 3.8) is 0 Å². The largest absolute Gasteiger partial charge is 0.349 e. The van der Waals surface area contributed by atoms with E-state index in [0.717, 1.165) is 24.8 Å². The second-order valence-electron chi connectivity index (χ2n) is 5.27. The third-order valence-corrected chi connectivity index (χ3v) is 4.01. The predicted octanol–water partition coefficient (Wildman–Crippen LogP) is 2.01. The van der Waals surface area contributed by atoms with Crippen LogP contribution in [0.5, 0.6) is 0 Å². The molecule has 1 aromatic rings. The van der Waals surface area contributed by atoms with E-state index in [1.54, 1.807) is 0 Å². The van der Waals surface area contributed by atoms with Crippen LogP contribution in [0.1, 0.15) is 38.2 Å². The first-order valence-electron chi connectivity index (χ1n) is 6.77. The molecule has 1 aliphatic rings. The first-order valence-corrected chi connectivity index (χ1v) is 6.77. The van der Waals surface area contributed by atoms with Crippen LogP contribution < -0.4 is 11.1 Å². The topological polar surface area (TPSA) is 55.1 Å². The van der Waals surface area contributed by atoms with Crippen LogP contribution in [-0.2, 0) is 11.2 Å². The molecule has 1 unspecified atom stereocenters. The van der Waals surface area contributed by atoms with Crippen LogP contribution >= 0.6 is 0 Å². The predicted molar refractivity (Wildman–Crippen MR) is 73.1 cm³/mol. The number of hydrogen-bond acceptors (Lipinski definition) is 2. The normalized spacial score (nSPS) is 18.8. The van der Waals surface area contributed by atoms with Gasteiger partial charge in [-0.05, 0) is 37.7 Å². The quantitative estimate of drug-likeness (QED) is 0.835. The van der Waals surface area contributed by atoms with Crippen LogP contribution in [0.15, 0.2) is 30.3 Å². The van der Waals surface area contributed by atoms with Gasteiger partial charge in [-0.1, -0.05) is 37.3 Å². The molecule has 1 aliphatic carbocycles. The number of amides is 1. The van der Waals surface area contributed by atoms with Gasteiger partial charge >= 0.3 is 0 Å². The van der Waals surface area contributed by atoms with E-state index < -0.39 is 6.04 Å². The maximum Gasteiger partial charge on any atom is 0.237 e. The molecule has 3 heteroatoms. The Bertz CT molecular complexity index is 393. The van der Waals surface area contributed by atoms with Gasteiger partial charge in [0.05, 0.1) is 6.04 Å². The molecular weight excluding hydrogens is 224 g/mol. The first-order chi connectivity index (χ1) is 8.65. The summed E-state index contributed by atoms with van der Waals surface area (Å²) in [7, 11) is 0. The lowest BCUT2D eigenvalue weighted by molar-refractivity contribution is -0.125. The van der Waals surface area contributed by atoms with Crippen molar-refractivity contribution in [2.24, 2.45) is 5.73 Å². The fourth-order valence-corrected chi connectivity index (χ4v) is 2.49. The van der Waals surface area contributed by atoms with Crippen molar-refractivity contribution in [2.45, 2.75) is 50.6 Å². The average Bonchev–Trinajstić information content (AvgIpc) is 2.34. The lowest BCUT2D eigenvalue weighted by atomic mass is 9.74. The highest BCUT2D eigenvalue weighted by Gasteiger charge is 2.37. The highest BCUT2D eigenvalue weighted by molar-refractivity contribution is 5.82. The molecule has 0 bridgehead atoms. The molecule has 1 aromatic carbocycles. The minimum Gasteiger partial charge on any atom is -0.349 e. The Morgan fingerprint density at radius 2 is 2.06 bits per heavy atom. The summed E-state index contributed by atoms with van der Waals surface area (Å²) in [6.07, 6.45) is 4.99. The van der Waals surface area contributed by atoms with Crippen molar-refractivity contribution in [1.82, 2.24) is 5.32 Å². The smallest absolute Gasteiger partial charge is 0.237 e. The summed E-state index contributed by atoms with van der Waals surface area (Å²) in [6.45, 7) is 2.13. The summed E-state index contributed by atoms with van der Waals surface area (Å²) in [5.74, 6) is -0.0135. The average molecular weight is 246 g/mol. The number of hydrogen-bond donors (Lipinski definition) is 2. The lowest BCUT2D eigenvalue weighted by Crippen LogP contribution is -2.57. The van der Waals surface area contributed by atoms with Crippen LogP contribution in [0.25, 0.3) is 0 Å². The van der Waals surface area contributed by atoms with Gasteiger partial charge in [0.1, 0.15) is 0 Å². The van der Waals surface area contributed by atoms with Crippen LogP contribution in [-0.4, -0.2) is 17.5 Å². The third-order valence-electron chi connectivity index (χ3n) is 4.01. The summed E-state index contributed by atoms with van der Waals surface area (Å²) in [5.41, 5.74) is 7.12. The SMILES string of the molecule is CCC1(NC(=O)C(N)Cc2ccccc2)CCC1. The molecule has 2 rings (SSSR count). The van der Waals surface area contributed by atoms with Gasteiger partial charge in [0.15, 0.2) is 0 Å². The highest BCUT2D eigenvalue weighted by Crippen LogP contribution is 2.34. The molecule has 1 fully saturated rings. The monoisotopic (exact) mass is 246 g/mol. The van der Waals surface area contributed by atoms with E-state index in [4.69, 9.17) is 5.73 Å². The van der Waals surface area contributed by atoms with E-state index in [0.29, 0.717) is 6.42 Å². The maximum atomic E-state index is 12.1. The van der Waals surface area contributed by atoms with Gasteiger partial charge in [-0.15, -0.1) is 0 Å². The van der Waals surface area contributed by atoms with Crippen molar-refractivity contribution in [3.8, 4) is 0 Å². The van der Waals surface area contributed by atoms with Crippen LogP contribution in [0.4, 0.5) is 0 Å². The molecule has 1 amide bonds. The van der Waals surface area contributed by atoms with Crippen molar-refractivity contribution in [2.75, 3.05) is 0 Å². The molecule has 3 nitrogen and oxygen atoms in total. The van der Waals surface area contributed by atoms with Gasteiger partial charge in [-0.2, -0.15) is 0 Å². The van der Waals surface area contributed by atoms with Crippen molar-refractivity contribution in [1.29, 1.82) is 0 Å². The van der Waals surface area contributed by atoms with Crippen molar-refractivity contribution >= 4 is 5.91 Å². The number of carbonyl (C=O) groups is 1. The molecule has 0 spiro atoms. The van der Waals surface area contributed by atoms with Crippen molar-refractivity contribution < 1.29 is 4.79 Å². The minimum atomic E-state index is -0.448. The van der Waals surface area contributed by atoms with E-state index in [1.807, 2.05) is 30.3 Å². The van der Waals surface area contributed by atoms with E-state index in [1.165, 1.54) is 6.42 Å². The number of carbonyl (C=O) groups excluding carboxylic acids is 1. The van der Waals surface area contributed by atoms with Crippen LogP contribution in [0.2, 0.25) is 0 Å². The van der Waals surface area contributed by atoms with Gasteiger partial charge in [0, 0.05) is 5.54 Å². The molecule has 1 saturated carbocycles. The Kier molecular flexibility index (Phi) is 4.02. The summed E-state index contributed by atoms with van der Waals surface area (Å²) in [6, 6.07) is 9.48. The zero-order valence-corrected chi connectivity index (χ0v) is 11.0. The fraction of sp³-hybridized carbons (Fsp3) is 0.533. The summed E-state index contributed by atoms with van der Waals surface area (Å²) in [5, 5.41) is 3.14. The molecule has 0 heterocycles. The molecule has 1 atom stereocenters. The second-order valence-corrected chi connectivity index (χ2v) is 5.27. The Morgan fingerprint density at radius 3 is 2.56 bits per heavy atom. The molecule has 0 aromatic heterocycles. The molecule has 98 valence electrons. The molecule has 0 saturated heterocycles. The molecule has 0 aliphatic heterocycles. The van der Waals surface area contributed by atoms with E-state index >= 15 is 0 Å². The van der Waals surface area contributed by atoms with Gasteiger partial charge < -0.3 is 11.1 Å². The lowest BCUT2D eigenvalue weighted by Gasteiger charge is -2.42. The fourth-order valence-electron chi connectivity index (χ4n) is 2.49. The van der Waals surface area contributed by atoms with E-state index in [9.17, 15) is 4.79 Å². The number of nitrogens with two attached hydrogens (primary N) is 1. The third kappa shape index (κ3) is 2.91. The van der Waals surface area contributed by atoms with Gasteiger partial charge in [0.25, 0.3) is 0 Å². The van der Waals surface area contributed by atoms with E-state index in [-0.39, 0.29) is 11.4 Å². The van der Waals surface area contributed by atoms with E-state index in [2.05, 4.69) is 12.2 Å².